The molecule has 0 aliphatic rings. The Morgan fingerprint density at radius 3 is 2.93 bits per heavy atom. The molecule has 1 N–H and O–H groups in total. The maximum atomic E-state index is 11.2. The predicted octanol–water partition coefficient (Wildman–Crippen LogP) is 2.32. The molecule has 70 valence electrons. The van der Waals surface area contributed by atoms with Gasteiger partial charge >= 0.3 is 0 Å². The van der Waals surface area contributed by atoms with E-state index < -0.39 is 0 Å². The third kappa shape index (κ3) is 1.33. The van der Waals surface area contributed by atoms with E-state index in [9.17, 15) is 4.79 Å². The summed E-state index contributed by atoms with van der Waals surface area (Å²) in [6, 6.07) is 7.75. The number of aromatic nitrogens is 1. The standard InChI is InChI=1S/C11H10N2O/c1-7-3-4-9-8(5-7)6-10(13-9)11(14)12-2/h3-6,13H,2H2,1H3. The Morgan fingerprint density at radius 2 is 2.21 bits per heavy atom. The number of amides is 1. The molecule has 1 amide bonds. The molecule has 0 aliphatic heterocycles. The predicted molar refractivity (Wildman–Crippen MR) is 56.9 cm³/mol. The summed E-state index contributed by atoms with van der Waals surface area (Å²) in [6.07, 6.45) is 0. The highest BCUT2D eigenvalue weighted by molar-refractivity contribution is 6.00. The van der Waals surface area contributed by atoms with Crippen LogP contribution in [0.3, 0.4) is 0 Å². The van der Waals surface area contributed by atoms with Gasteiger partial charge in [-0.05, 0) is 31.8 Å². The smallest absolute Gasteiger partial charge is 0.292 e. The van der Waals surface area contributed by atoms with Gasteiger partial charge in [-0.1, -0.05) is 11.6 Å². The number of aryl methyl sites for hydroxylation is 1. The topological polar surface area (TPSA) is 45.2 Å². The average Bonchev–Trinajstić information content (AvgIpc) is 2.59. The van der Waals surface area contributed by atoms with Crippen LogP contribution in [0.1, 0.15) is 16.1 Å². The van der Waals surface area contributed by atoms with Crippen molar-refractivity contribution in [2.75, 3.05) is 0 Å². The highest BCUT2D eigenvalue weighted by atomic mass is 16.1. The fraction of sp³-hybridized carbons (Fsp3) is 0.0909. The molecule has 14 heavy (non-hydrogen) atoms. The number of rotatable bonds is 1. The number of nitrogens with one attached hydrogen (secondary N) is 1. The number of hydrogen-bond acceptors (Lipinski definition) is 1. The summed E-state index contributed by atoms with van der Waals surface area (Å²) in [6.45, 7) is 5.22. The quantitative estimate of drug-likeness (QED) is 0.682. The first-order valence-corrected chi connectivity index (χ1v) is 4.31. The number of carbonyl (C=O) groups is 1. The minimum absolute atomic E-state index is 0.321. The van der Waals surface area contributed by atoms with E-state index in [1.807, 2.05) is 25.1 Å². The van der Waals surface area contributed by atoms with Crippen molar-refractivity contribution in [1.29, 1.82) is 0 Å². The van der Waals surface area contributed by atoms with Crippen LogP contribution in [0, 0.1) is 6.92 Å². The molecule has 0 aliphatic carbocycles. The normalized spacial score (nSPS) is 10.4. The molecule has 0 saturated carbocycles. The van der Waals surface area contributed by atoms with Crippen molar-refractivity contribution in [2.45, 2.75) is 6.92 Å². The summed E-state index contributed by atoms with van der Waals surface area (Å²) in [5, 5.41) is 1.03. The zero-order valence-corrected chi connectivity index (χ0v) is 7.87. The minimum atomic E-state index is -0.321. The second-order valence-corrected chi connectivity index (χ2v) is 3.24. The minimum Gasteiger partial charge on any atom is -0.350 e. The van der Waals surface area contributed by atoms with Gasteiger partial charge in [0, 0.05) is 10.9 Å². The van der Waals surface area contributed by atoms with E-state index in [-0.39, 0.29) is 5.91 Å². The number of aromatic amines is 1. The SMILES string of the molecule is C=NC(=O)c1cc2cc(C)ccc2[nH]1. The first kappa shape index (κ1) is 8.69. The summed E-state index contributed by atoms with van der Waals surface area (Å²) in [5.41, 5.74) is 2.60. The lowest BCUT2D eigenvalue weighted by molar-refractivity contribution is 0.1000. The molecule has 0 atom stereocenters. The first-order chi connectivity index (χ1) is 6.70. The third-order valence-electron chi connectivity index (χ3n) is 2.15. The van der Waals surface area contributed by atoms with Gasteiger partial charge in [0.25, 0.3) is 5.91 Å². The van der Waals surface area contributed by atoms with Crippen molar-refractivity contribution in [3.8, 4) is 0 Å². The van der Waals surface area contributed by atoms with E-state index >= 15 is 0 Å². The zero-order chi connectivity index (χ0) is 10.1. The average molecular weight is 186 g/mol. The Kier molecular flexibility index (Phi) is 1.93. The summed E-state index contributed by atoms with van der Waals surface area (Å²) < 4.78 is 0. The molecule has 0 fully saturated rings. The van der Waals surface area contributed by atoms with Crippen LogP contribution in [-0.4, -0.2) is 17.6 Å². The van der Waals surface area contributed by atoms with Crippen LogP contribution in [0.15, 0.2) is 29.3 Å². The van der Waals surface area contributed by atoms with Gasteiger partial charge in [0.05, 0.1) is 0 Å². The highest BCUT2D eigenvalue weighted by Gasteiger charge is 2.06. The summed E-state index contributed by atoms with van der Waals surface area (Å²) in [4.78, 5) is 17.6. The maximum Gasteiger partial charge on any atom is 0.292 e. The number of H-pyrrole nitrogens is 1. The van der Waals surface area contributed by atoms with Crippen LogP contribution in [0.4, 0.5) is 0 Å². The largest absolute Gasteiger partial charge is 0.350 e. The monoisotopic (exact) mass is 186 g/mol. The lowest BCUT2D eigenvalue weighted by Crippen LogP contribution is -1.92. The summed E-state index contributed by atoms with van der Waals surface area (Å²) in [7, 11) is 0. The van der Waals surface area contributed by atoms with Crippen LogP contribution < -0.4 is 0 Å². The second-order valence-electron chi connectivity index (χ2n) is 3.24. The molecule has 0 bridgehead atoms. The number of hydrogen-bond donors (Lipinski definition) is 1. The van der Waals surface area contributed by atoms with Crippen LogP contribution in [0.5, 0.6) is 0 Å². The Bertz CT molecular complexity index is 511. The molecule has 2 aromatic rings. The van der Waals surface area contributed by atoms with Gasteiger partial charge < -0.3 is 4.98 Å². The van der Waals surface area contributed by atoms with Crippen molar-refractivity contribution in [3.05, 3.63) is 35.5 Å². The number of nitrogens with zero attached hydrogens (tertiary/aromatic N) is 1. The van der Waals surface area contributed by atoms with Gasteiger partial charge in [-0.3, -0.25) is 4.79 Å². The molecule has 0 saturated heterocycles. The van der Waals surface area contributed by atoms with Crippen LogP contribution >= 0.6 is 0 Å². The summed E-state index contributed by atoms with van der Waals surface area (Å²) in [5.74, 6) is -0.321. The maximum absolute atomic E-state index is 11.2. The molecule has 1 heterocycles. The Balaban J connectivity index is 2.62. The lowest BCUT2D eigenvalue weighted by atomic mass is 10.2. The molecular weight excluding hydrogens is 176 g/mol. The van der Waals surface area contributed by atoms with Crippen molar-refractivity contribution in [2.24, 2.45) is 4.99 Å². The Hall–Kier alpha value is -1.90. The molecule has 1 aromatic carbocycles. The molecule has 0 unspecified atom stereocenters. The highest BCUT2D eigenvalue weighted by Crippen LogP contribution is 2.17. The number of benzene rings is 1. The molecular formula is C11H10N2O. The van der Waals surface area contributed by atoms with Crippen molar-refractivity contribution < 1.29 is 4.79 Å². The van der Waals surface area contributed by atoms with Crippen LogP contribution in [-0.2, 0) is 0 Å². The van der Waals surface area contributed by atoms with Crippen LogP contribution in [0.2, 0.25) is 0 Å². The molecule has 2 rings (SSSR count). The van der Waals surface area contributed by atoms with E-state index in [0.717, 1.165) is 10.9 Å². The van der Waals surface area contributed by atoms with Crippen molar-refractivity contribution in [3.63, 3.8) is 0 Å². The van der Waals surface area contributed by atoms with Crippen LogP contribution in [0.25, 0.3) is 10.9 Å². The van der Waals surface area contributed by atoms with Crippen molar-refractivity contribution in [1.82, 2.24) is 4.98 Å². The van der Waals surface area contributed by atoms with Gasteiger partial charge in [0.2, 0.25) is 0 Å². The van der Waals surface area contributed by atoms with E-state index in [4.69, 9.17) is 0 Å². The van der Waals surface area contributed by atoms with E-state index in [2.05, 4.69) is 16.7 Å². The number of fused-ring (bicyclic) bond motifs is 1. The number of aliphatic imine (C=N–C) groups is 1. The fourth-order valence-corrected chi connectivity index (χ4v) is 1.45. The fourth-order valence-electron chi connectivity index (χ4n) is 1.45. The van der Waals surface area contributed by atoms with Gasteiger partial charge in [-0.2, -0.15) is 0 Å². The molecule has 3 heteroatoms. The zero-order valence-electron chi connectivity index (χ0n) is 7.87. The number of carbonyl (C=O) groups excluding carboxylic acids is 1. The molecule has 0 spiro atoms. The third-order valence-corrected chi connectivity index (χ3v) is 2.15. The molecule has 0 radical (unpaired) electrons. The molecule has 1 aromatic heterocycles. The van der Waals surface area contributed by atoms with Gasteiger partial charge in [-0.25, -0.2) is 4.99 Å². The van der Waals surface area contributed by atoms with Crippen molar-refractivity contribution >= 4 is 23.5 Å². The Labute approximate surface area is 81.5 Å². The van der Waals surface area contributed by atoms with E-state index in [1.165, 1.54) is 5.56 Å². The first-order valence-electron chi connectivity index (χ1n) is 4.31. The second kappa shape index (κ2) is 3.10. The van der Waals surface area contributed by atoms with Gasteiger partial charge in [-0.15, -0.1) is 0 Å². The van der Waals surface area contributed by atoms with Gasteiger partial charge in [0.1, 0.15) is 5.69 Å². The summed E-state index contributed by atoms with van der Waals surface area (Å²) >= 11 is 0. The van der Waals surface area contributed by atoms with E-state index in [1.54, 1.807) is 6.07 Å². The molecule has 3 nitrogen and oxygen atoms in total. The van der Waals surface area contributed by atoms with E-state index in [0.29, 0.717) is 5.69 Å². The van der Waals surface area contributed by atoms with Gasteiger partial charge in [0.15, 0.2) is 0 Å². The Morgan fingerprint density at radius 1 is 1.43 bits per heavy atom. The lowest BCUT2D eigenvalue weighted by Gasteiger charge is -1.90.